The second-order valence-corrected chi connectivity index (χ2v) is 14.7. The minimum Gasteiger partial charge on any atom is -0.481 e. The lowest BCUT2D eigenvalue weighted by atomic mass is 9.90. The molecule has 0 saturated carbocycles. The number of hydrogen-bond acceptors (Lipinski definition) is 9. The lowest BCUT2D eigenvalue weighted by Gasteiger charge is -2.33. The van der Waals surface area contributed by atoms with Crippen LogP contribution in [0.2, 0.25) is 10.0 Å². The number of hydrogen-bond donors (Lipinski definition) is 2. The molecular formula is C27H30Cl2F3N5O6S2. The molecule has 0 aliphatic carbocycles. The highest BCUT2D eigenvalue weighted by molar-refractivity contribution is 7.89. The predicted molar refractivity (Wildman–Crippen MR) is 161 cm³/mol. The van der Waals surface area contributed by atoms with Gasteiger partial charge in [-0.2, -0.15) is 17.9 Å². The van der Waals surface area contributed by atoms with Crippen molar-refractivity contribution >= 4 is 56.4 Å². The Balaban J connectivity index is 1.80. The molecule has 2 atom stereocenters. The fourth-order valence-electron chi connectivity index (χ4n) is 4.69. The molecule has 1 saturated heterocycles. The van der Waals surface area contributed by atoms with Gasteiger partial charge in [-0.05, 0) is 52.5 Å². The van der Waals surface area contributed by atoms with Crippen LogP contribution in [0, 0.1) is 5.41 Å². The van der Waals surface area contributed by atoms with E-state index in [2.05, 4.69) is 15.2 Å². The Morgan fingerprint density at radius 3 is 2.49 bits per heavy atom. The number of rotatable bonds is 10. The van der Waals surface area contributed by atoms with Crippen LogP contribution in [0.5, 0.6) is 0 Å². The Bertz CT molecular complexity index is 1710. The maximum absolute atomic E-state index is 13.8. The number of likely N-dealkylation sites (tertiary alicyclic amines) is 1. The van der Waals surface area contributed by atoms with Gasteiger partial charge in [0.1, 0.15) is 16.6 Å². The van der Waals surface area contributed by atoms with E-state index in [1.807, 2.05) is 6.92 Å². The molecular weight excluding hydrogens is 682 g/mol. The molecule has 3 heterocycles. The number of nitrogens with one attached hydrogen (secondary N) is 1. The van der Waals surface area contributed by atoms with Gasteiger partial charge in [0.2, 0.25) is 15.9 Å². The van der Waals surface area contributed by atoms with Crippen LogP contribution in [0.4, 0.5) is 13.2 Å². The van der Waals surface area contributed by atoms with Gasteiger partial charge in [0.05, 0.1) is 20.3 Å². The summed E-state index contributed by atoms with van der Waals surface area (Å²) in [5.41, 5.74) is -1.15. The normalized spacial score (nSPS) is 17.0. The summed E-state index contributed by atoms with van der Waals surface area (Å²) in [6.07, 6.45) is -2.98. The smallest absolute Gasteiger partial charge is 0.404 e. The number of piperidine rings is 1. The zero-order valence-electron chi connectivity index (χ0n) is 24.5. The third-order valence-electron chi connectivity index (χ3n) is 7.40. The molecule has 1 unspecified atom stereocenters. The Hall–Kier alpha value is -2.79. The molecule has 1 aliphatic heterocycles. The minimum atomic E-state index is -4.84. The minimum absolute atomic E-state index is 0.0269. The van der Waals surface area contributed by atoms with Crippen molar-refractivity contribution in [1.29, 1.82) is 0 Å². The summed E-state index contributed by atoms with van der Waals surface area (Å²) in [4.78, 5) is 31.0. The molecule has 0 spiro atoms. The standard InChI is InChI=1S/C27H30Cl2F3N5O6S2/c1-5-16(27(30,31)32)36-45(41,42)15-10-9-14(18(28)19(15)29)21-20(24(38)37-11-7-6-8-13(37)2)33-23(44-21)22-35-34-17(43-22)12-26(3,4)25(39)40/h9-10,13,16,36H,5-8,11-12H2,1-4H3,(H,39,40)/t13-,16?/m0/s1. The van der Waals surface area contributed by atoms with Crippen molar-refractivity contribution in [3.05, 3.63) is 33.8 Å². The highest BCUT2D eigenvalue weighted by Crippen LogP contribution is 2.44. The maximum atomic E-state index is 13.8. The van der Waals surface area contributed by atoms with E-state index in [4.69, 9.17) is 27.6 Å². The molecule has 1 aliphatic rings. The number of sulfonamides is 1. The Morgan fingerprint density at radius 2 is 1.89 bits per heavy atom. The number of amides is 1. The topological polar surface area (TPSA) is 156 Å². The number of carbonyl (C=O) groups excluding carboxylic acids is 1. The molecule has 246 valence electrons. The largest absolute Gasteiger partial charge is 0.481 e. The monoisotopic (exact) mass is 711 g/mol. The summed E-state index contributed by atoms with van der Waals surface area (Å²) in [5, 5.41) is 16.6. The number of carboxylic acids is 1. The van der Waals surface area contributed by atoms with E-state index in [-0.39, 0.29) is 50.4 Å². The van der Waals surface area contributed by atoms with Crippen LogP contribution in [0.25, 0.3) is 21.3 Å². The van der Waals surface area contributed by atoms with E-state index >= 15 is 0 Å². The first-order chi connectivity index (χ1) is 20.9. The Labute approximate surface area is 271 Å². The van der Waals surface area contributed by atoms with Gasteiger partial charge >= 0.3 is 12.1 Å². The van der Waals surface area contributed by atoms with E-state index < -0.39 is 55.9 Å². The van der Waals surface area contributed by atoms with E-state index in [9.17, 15) is 36.3 Å². The van der Waals surface area contributed by atoms with Crippen molar-refractivity contribution in [2.75, 3.05) is 6.54 Å². The summed E-state index contributed by atoms with van der Waals surface area (Å²) < 4.78 is 73.1. The molecule has 0 bridgehead atoms. The Morgan fingerprint density at radius 1 is 1.20 bits per heavy atom. The van der Waals surface area contributed by atoms with Gasteiger partial charge in [-0.1, -0.05) is 36.2 Å². The van der Waals surface area contributed by atoms with Crippen molar-refractivity contribution in [1.82, 2.24) is 24.8 Å². The number of alkyl halides is 3. The first-order valence-electron chi connectivity index (χ1n) is 13.8. The second-order valence-electron chi connectivity index (χ2n) is 11.3. The molecule has 1 amide bonds. The number of carboxylic acid groups (broad SMARTS) is 1. The fourth-order valence-corrected chi connectivity index (χ4v) is 7.92. The highest BCUT2D eigenvalue weighted by Gasteiger charge is 2.42. The molecule has 45 heavy (non-hydrogen) atoms. The van der Waals surface area contributed by atoms with Gasteiger partial charge in [-0.25, -0.2) is 13.4 Å². The van der Waals surface area contributed by atoms with Gasteiger partial charge < -0.3 is 14.4 Å². The predicted octanol–water partition coefficient (Wildman–Crippen LogP) is 6.45. The molecule has 3 aromatic rings. The van der Waals surface area contributed by atoms with Gasteiger partial charge in [0.15, 0.2) is 5.01 Å². The Kier molecular flexibility index (Phi) is 10.2. The van der Waals surface area contributed by atoms with E-state index in [1.165, 1.54) is 26.8 Å². The van der Waals surface area contributed by atoms with E-state index in [1.54, 1.807) is 9.62 Å². The van der Waals surface area contributed by atoms with Gasteiger partial charge in [-0.15, -0.1) is 21.5 Å². The molecule has 1 aromatic carbocycles. The molecule has 2 N–H and O–H groups in total. The van der Waals surface area contributed by atoms with E-state index in [0.717, 1.165) is 36.7 Å². The summed E-state index contributed by atoms with van der Waals surface area (Å²) in [6, 6.07) is -0.211. The van der Waals surface area contributed by atoms with Gasteiger partial charge in [0.25, 0.3) is 11.8 Å². The molecule has 18 heteroatoms. The van der Waals surface area contributed by atoms with Crippen LogP contribution in [-0.4, -0.2) is 70.3 Å². The number of thiazole rings is 1. The van der Waals surface area contributed by atoms with Gasteiger partial charge in [0, 0.05) is 24.6 Å². The number of benzene rings is 1. The highest BCUT2D eigenvalue weighted by atomic mass is 35.5. The average molecular weight is 713 g/mol. The van der Waals surface area contributed by atoms with Crippen LogP contribution in [0.3, 0.4) is 0 Å². The third-order valence-corrected chi connectivity index (χ3v) is 11.0. The number of nitrogens with zero attached hydrogens (tertiary/aromatic N) is 4. The van der Waals surface area contributed by atoms with Crippen LogP contribution < -0.4 is 4.72 Å². The van der Waals surface area contributed by atoms with Crippen LogP contribution in [-0.2, 0) is 21.2 Å². The quantitative estimate of drug-likeness (QED) is 0.241. The zero-order chi connectivity index (χ0) is 33.5. The molecule has 0 radical (unpaired) electrons. The first-order valence-corrected chi connectivity index (χ1v) is 16.9. The fraction of sp³-hybridized carbons (Fsp3) is 0.519. The van der Waals surface area contributed by atoms with Crippen LogP contribution >= 0.6 is 34.5 Å². The number of aromatic nitrogens is 3. The van der Waals surface area contributed by atoms with Gasteiger partial charge in [-0.3, -0.25) is 9.59 Å². The van der Waals surface area contributed by atoms with Crippen LogP contribution in [0.1, 0.15) is 69.8 Å². The van der Waals surface area contributed by atoms with E-state index in [0.29, 0.717) is 6.54 Å². The molecule has 4 rings (SSSR count). The summed E-state index contributed by atoms with van der Waals surface area (Å²) in [6.45, 7) is 6.54. The molecule has 2 aromatic heterocycles. The van der Waals surface area contributed by atoms with Crippen molar-refractivity contribution in [2.24, 2.45) is 5.41 Å². The zero-order valence-corrected chi connectivity index (χ0v) is 27.7. The maximum Gasteiger partial charge on any atom is 0.404 e. The first kappa shape index (κ1) is 35.1. The SMILES string of the molecule is CCC(NS(=O)(=O)c1ccc(-c2sc(-c3nnc(CC(C)(C)C(=O)O)o3)nc2C(=O)N2CCCC[C@@H]2C)c(Cl)c1Cl)C(F)(F)F. The van der Waals surface area contributed by atoms with Crippen LogP contribution in [0.15, 0.2) is 21.4 Å². The summed E-state index contributed by atoms with van der Waals surface area (Å²) in [7, 11) is -4.76. The van der Waals surface area contributed by atoms with Crippen molar-refractivity contribution in [3.63, 3.8) is 0 Å². The summed E-state index contributed by atoms with van der Waals surface area (Å²) >= 11 is 13.8. The molecule has 11 nitrogen and oxygen atoms in total. The summed E-state index contributed by atoms with van der Waals surface area (Å²) in [5.74, 6) is -1.57. The van der Waals surface area contributed by atoms with Crippen molar-refractivity contribution in [2.45, 2.75) is 83.0 Å². The molecule has 1 fully saturated rings. The third kappa shape index (κ3) is 7.45. The lowest BCUT2D eigenvalue weighted by Crippen LogP contribution is -2.44. The number of halogens is 5. The van der Waals surface area contributed by atoms with Crippen molar-refractivity contribution < 1.29 is 40.7 Å². The number of carbonyl (C=O) groups is 2. The lowest BCUT2D eigenvalue weighted by molar-refractivity contribution is -0.151. The second kappa shape index (κ2) is 13.1. The van der Waals surface area contributed by atoms with Crippen molar-refractivity contribution in [3.8, 4) is 21.3 Å². The average Bonchev–Trinajstić information content (AvgIpc) is 3.59. The number of aliphatic carboxylic acids is 1.